The smallest absolute Gasteiger partial charge is 0.342 e. The Morgan fingerprint density at radius 3 is 2.89 bits per heavy atom. The van der Waals surface area contributed by atoms with Crippen molar-refractivity contribution in [1.82, 2.24) is 0 Å². The number of benzene rings is 1. The molecule has 1 aromatic rings. The summed E-state index contributed by atoms with van der Waals surface area (Å²) in [4.78, 5) is 23.1. The molecule has 100 valence electrons. The van der Waals surface area contributed by atoms with Crippen molar-refractivity contribution in [3.8, 4) is 5.75 Å². The van der Waals surface area contributed by atoms with Crippen molar-refractivity contribution in [2.45, 2.75) is 31.8 Å². The van der Waals surface area contributed by atoms with Crippen LogP contribution in [0.15, 0.2) is 36.4 Å². The van der Waals surface area contributed by atoms with Crippen LogP contribution >= 0.6 is 0 Å². The van der Waals surface area contributed by atoms with Crippen LogP contribution in [0.1, 0.15) is 36.0 Å². The Kier molecular flexibility index (Phi) is 4.34. The number of allylic oxidation sites excluding steroid dienone is 1. The third-order valence-corrected chi connectivity index (χ3v) is 3.05. The molecule has 0 spiro atoms. The van der Waals surface area contributed by atoms with Crippen LogP contribution < -0.4 is 0 Å². The Balaban J connectivity index is 2.01. The van der Waals surface area contributed by atoms with Gasteiger partial charge in [0.25, 0.3) is 0 Å². The summed E-state index contributed by atoms with van der Waals surface area (Å²) < 4.78 is 5.37. The third kappa shape index (κ3) is 3.68. The summed E-state index contributed by atoms with van der Waals surface area (Å²) in [6.07, 6.45) is 5.44. The van der Waals surface area contributed by atoms with Gasteiger partial charge in [-0.1, -0.05) is 18.2 Å². The van der Waals surface area contributed by atoms with Gasteiger partial charge >= 0.3 is 5.97 Å². The normalized spacial score (nSPS) is 21.3. The maximum atomic E-state index is 11.9. The number of para-hydroxylation sites is 1. The molecule has 0 bridgehead atoms. The van der Waals surface area contributed by atoms with E-state index in [1.54, 1.807) is 24.3 Å². The van der Waals surface area contributed by atoms with Gasteiger partial charge in [-0.2, -0.15) is 0 Å². The molecule has 1 N–H and O–H groups in total. The lowest BCUT2D eigenvalue weighted by molar-refractivity contribution is -0.114. The second kappa shape index (κ2) is 6.18. The average molecular weight is 260 g/mol. The fourth-order valence-electron chi connectivity index (χ4n) is 2.02. The summed E-state index contributed by atoms with van der Waals surface area (Å²) in [6, 6.07) is 6.30. The maximum absolute atomic E-state index is 11.9. The molecule has 1 atom stereocenters. The minimum absolute atomic E-state index is 0.0796. The lowest BCUT2D eigenvalue weighted by Gasteiger charge is -2.17. The van der Waals surface area contributed by atoms with Crippen LogP contribution in [0.2, 0.25) is 0 Å². The molecule has 0 radical (unpaired) electrons. The molecule has 0 saturated heterocycles. The van der Waals surface area contributed by atoms with Crippen molar-refractivity contribution < 1.29 is 19.4 Å². The average Bonchev–Trinajstić information content (AvgIpc) is 2.36. The SMILES string of the molecule is O=C1/C=C\CC(OC(=O)c2ccccc2O)CCC1. The van der Waals surface area contributed by atoms with Crippen molar-refractivity contribution >= 4 is 11.8 Å². The molecule has 4 nitrogen and oxygen atoms in total. The Morgan fingerprint density at radius 2 is 2.11 bits per heavy atom. The zero-order chi connectivity index (χ0) is 13.7. The fraction of sp³-hybridized carbons (Fsp3) is 0.333. The highest BCUT2D eigenvalue weighted by atomic mass is 16.5. The first kappa shape index (κ1) is 13.3. The van der Waals surface area contributed by atoms with Crippen LogP contribution in [0.4, 0.5) is 0 Å². The first-order chi connectivity index (χ1) is 9.16. The molecule has 0 amide bonds. The van der Waals surface area contributed by atoms with Crippen molar-refractivity contribution in [1.29, 1.82) is 0 Å². The summed E-state index contributed by atoms with van der Waals surface area (Å²) in [6.45, 7) is 0. The van der Waals surface area contributed by atoms with E-state index >= 15 is 0 Å². The maximum Gasteiger partial charge on any atom is 0.342 e. The van der Waals surface area contributed by atoms with Gasteiger partial charge in [0.05, 0.1) is 0 Å². The lowest BCUT2D eigenvalue weighted by atomic mass is 10.0. The van der Waals surface area contributed by atoms with Crippen LogP contribution in [0.25, 0.3) is 0 Å². The summed E-state index contributed by atoms with van der Waals surface area (Å²) in [5, 5.41) is 9.59. The highest BCUT2D eigenvalue weighted by Gasteiger charge is 2.18. The third-order valence-electron chi connectivity index (χ3n) is 3.05. The zero-order valence-corrected chi connectivity index (χ0v) is 10.5. The number of ether oxygens (including phenoxy) is 1. The zero-order valence-electron chi connectivity index (χ0n) is 10.5. The van der Waals surface area contributed by atoms with Gasteiger partial charge in [-0.3, -0.25) is 4.79 Å². The number of rotatable bonds is 2. The van der Waals surface area contributed by atoms with Crippen molar-refractivity contribution in [3.63, 3.8) is 0 Å². The van der Waals surface area contributed by atoms with Gasteiger partial charge in [0, 0.05) is 12.8 Å². The van der Waals surface area contributed by atoms with E-state index in [0.29, 0.717) is 25.7 Å². The Hall–Kier alpha value is -2.10. The molecule has 2 rings (SSSR count). The number of hydrogen-bond donors (Lipinski definition) is 1. The lowest BCUT2D eigenvalue weighted by Crippen LogP contribution is -2.19. The van der Waals surface area contributed by atoms with E-state index in [1.807, 2.05) is 0 Å². The van der Waals surface area contributed by atoms with Gasteiger partial charge in [-0.15, -0.1) is 0 Å². The number of phenols is 1. The van der Waals surface area contributed by atoms with E-state index < -0.39 is 5.97 Å². The topological polar surface area (TPSA) is 63.6 Å². The molecule has 0 saturated carbocycles. The number of carbonyl (C=O) groups excluding carboxylic acids is 2. The summed E-state index contributed by atoms with van der Waals surface area (Å²) >= 11 is 0. The van der Waals surface area contributed by atoms with Gasteiger partial charge in [-0.25, -0.2) is 4.79 Å². The highest BCUT2D eigenvalue weighted by Crippen LogP contribution is 2.20. The quantitative estimate of drug-likeness (QED) is 0.830. The van der Waals surface area contributed by atoms with E-state index in [2.05, 4.69) is 0 Å². The molecule has 0 aromatic heterocycles. The fourth-order valence-corrected chi connectivity index (χ4v) is 2.02. The standard InChI is InChI=1S/C15H16O4/c16-11-5-3-7-12(8-4-6-11)19-15(18)13-9-1-2-10-14(13)17/h1-3,5,9-10,12,17H,4,6-8H2/b5-3-. The Bertz CT molecular complexity index is 505. The van der Waals surface area contributed by atoms with Crippen molar-refractivity contribution in [3.05, 3.63) is 42.0 Å². The van der Waals surface area contributed by atoms with E-state index in [4.69, 9.17) is 4.74 Å². The minimum atomic E-state index is -0.525. The predicted molar refractivity (Wildman–Crippen MR) is 69.9 cm³/mol. The summed E-state index contributed by atoms with van der Waals surface area (Å²) in [5.74, 6) is -0.488. The second-order valence-corrected chi connectivity index (χ2v) is 4.54. The molecule has 1 unspecified atom stereocenters. The molecule has 0 fully saturated rings. The number of esters is 1. The molecular formula is C15H16O4. The summed E-state index contributed by atoms with van der Waals surface area (Å²) in [5.41, 5.74) is 0.171. The molecule has 1 aromatic carbocycles. The molecule has 0 aliphatic heterocycles. The van der Waals surface area contributed by atoms with Gasteiger partial charge in [-0.05, 0) is 31.1 Å². The molecule has 1 aliphatic carbocycles. The van der Waals surface area contributed by atoms with Gasteiger partial charge < -0.3 is 9.84 Å². The van der Waals surface area contributed by atoms with Crippen LogP contribution in [0.5, 0.6) is 5.75 Å². The van der Waals surface area contributed by atoms with Crippen LogP contribution in [-0.4, -0.2) is 23.0 Å². The van der Waals surface area contributed by atoms with Gasteiger partial charge in [0.1, 0.15) is 17.4 Å². The summed E-state index contributed by atoms with van der Waals surface area (Å²) in [7, 11) is 0. The minimum Gasteiger partial charge on any atom is -0.507 e. The number of phenolic OH excluding ortho intramolecular Hbond substituents is 1. The molecule has 4 heteroatoms. The van der Waals surface area contributed by atoms with Crippen LogP contribution in [0.3, 0.4) is 0 Å². The van der Waals surface area contributed by atoms with E-state index in [0.717, 1.165) is 0 Å². The van der Waals surface area contributed by atoms with Gasteiger partial charge in [0.2, 0.25) is 0 Å². The van der Waals surface area contributed by atoms with Crippen LogP contribution in [-0.2, 0) is 9.53 Å². The highest BCUT2D eigenvalue weighted by molar-refractivity contribution is 5.92. The largest absolute Gasteiger partial charge is 0.507 e. The Labute approximate surface area is 111 Å². The van der Waals surface area contributed by atoms with Gasteiger partial charge in [0.15, 0.2) is 5.78 Å². The van der Waals surface area contributed by atoms with E-state index in [1.165, 1.54) is 12.1 Å². The molecular weight excluding hydrogens is 244 g/mol. The number of ketones is 1. The van der Waals surface area contributed by atoms with Crippen molar-refractivity contribution in [2.24, 2.45) is 0 Å². The van der Waals surface area contributed by atoms with Crippen LogP contribution in [0, 0.1) is 0 Å². The monoisotopic (exact) mass is 260 g/mol. The predicted octanol–water partition coefficient (Wildman–Crippen LogP) is 2.62. The van der Waals surface area contributed by atoms with Crippen molar-refractivity contribution in [2.75, 3.05) is 0 Å². The number of aromatic hydroxyl groups is 1. The van der Waals surface area contributed by atoms with E-state index in [9.17, 15) is 14.7 Å². The Morgan fingerprint density at radius 1 is 1.32 bits per heavy atom. The second-order valence-electron chi connectivity index (χ2n) is 4.54. The molecule has 1 aliphatic rings. The molecule has 0 heterocycles. The first-order valence-corrected chi connectivity index (χ1v) is 6.35. The van der Waals surface area contributed by atoms with E-state index in [-0.39, 0.29) is 23.2 Å². The first-order valence-electron chi connectivity index (χ1n) is 6.35. The number of carbonyl (C=O) groups is 2. The molecule has 19 heavy (non-hydrogen) atoms. The number of hydrogen-bond acceptors (Lipinski definition) is 4.